The zero-order chi connectivity index (χ0) is 16.4. The highest BCUT2D eigenvalue weighted by molar-refractivity contribution is 5.87. The van der Waals surface area contributed by atoms with Crippen LogP contribution >= 0.6 is 0 Å². The summed E-state index contributed by atoms with van der Waals surface area (Å²) in [5.41, 5.74) is 1.00. The number of likely N-dealkylation sites (N-methyl/N-ethyl adjacent to an activating group) is 1. The van der Waals surface area contributed by atoms with Gasteiger partial charge >= 0.3 is 5.97 Å². The Hall–Kier alpha value is -1.88. The van der Waals surface area contributed by atoms with E-state index < -0.39 is 5.97 Å². The molecule has 2 fully saturated rings. The van der Waals surface area contributed by atoms with Crippen molar-refractivity contribution in [3.63, 3.8) is 0 Å². The summed E-state index contributed by atoms with van der Waals surface area (Å²) in [7, 11) is 0. The van der Waals surface area contributed by atoms with Gasteiger partial charge in [-0.3, -0.25) is 14.5 Å². The Kier molecular flexibility index (Phi) is 4.39. The van der Waals surface area contributed by atoms with Gasteiger partial charge < -0.3 is 10.0 Å². The van der Waals surface area contributed by atoms with Crippen LogP contribution in [0.5, 0.6) is 0 Å². The number of hydrogen-bond acceptors (Lipinski definition) is 3. The summed E-state index contributed by atoms with van der Waals surface area (Å²) in [5.74, 6) is -0.606. The fraction of sp³-hybridized carbons (Fsp3) is 0.556. The van der Waals surface area contributed by atoms with E-state index >= 15 is 0 Å². The lowest BCUT2D eigenvalue weighted by Gasteiger charge is -2.44. The maximum absolute atomic E-state index is 12.9. The smallest absolute Gasteiger partial charge is 0.317 e. The lowest BCUT2D eigenvalue weighted by atomic mass is 9.81. The van der Waals surface area contributed by atoms with Gasteiger partial charge in [-0.25, -0.2) is 0 Å². The van der Waals surface area contributed by atoms with Crippen molar-refractivity contribution in [1.82, 2.24) is 9.80 Å². The number of piperidine rings is 1. The first-order valence-electron chi connectivity index (χ1n) is 8.36. The number of likely N-dealkylation sites (tertiary alicyclic amines) is 2. The van der Waals surface area contributed by atoms with Gasteiger partial charge in [-0.2, -0.15) is 0 Å². The van der Waals surface area contributed by atoms with Gasteiger partial charge in [0.25, 0.3) is 0 Å². The summed E-state index contributed by atoms with van der Waals surface area (Å²) in [6.45, 7) is 4.35. The molecule has 0 saturated carbocycles. The lowest BCUT2D eigenvalue weighted by molar-refractivity contribution is -0.140. The Morgan fingerprint density at radius 3 is 2.48 bits per heavy atom. The van der Waals surface area contributed by atoms with Crippen LogP contribution in [-0.2, 0) is 9.59 Å². The first-order valence-corrected chi connectivity index (χ1v) is 8.36. The van der Waals surface area contributed by atoms with Crippen molar-refractivity contribution in [2.45, 2.75) is 37.6 Å². The molecule has 5 nitrogen and oxygen atoms in total. The standard InChI is InChI=1S/C18H24N2O3/c1-2-20-17(23)15(14-6-4-3-5-7-14)12-18(20)8-10-19(11-9-18)13-16(21)22/h3-7,15H,2,8-13H2,1H3,(H,21,22)/t15-/m0/s1. The minimum absolute atomic E-state index is 0.0535. The van der Waals surface area contributed by atoms with Crippen LogP contribution in [0, 0.1) is 0 Å². The summed E-state index contributed by atoms with van der Waals surface area (Å²) >= 11 is 0. The Balaban J connectivity index is 1.77. The molecule has 3 rings (SSSR count). The number of carbonyl (C=O) groups excluding carboxylic acids is 1. The molecule has 0 radical (unpaired) electrons. The molecule has 0 aromatic heterocycles. The molecular weight excluding hydrogens is 292 g/mol. The number of carboxylic acid groups (broad SMARTS) is 1. The van der Waals surface area contributed by atoms with Crippen LogP contribution in [0.25, 0.3) is 0 Å². The highest BCUT2D eigenvalue weighted by Crippen LogP contribution is 2.45. The van der Waals surface area contributed by atoms with E-state index in [1.54, 1.807) is 0 Å². The molecule has 2 heterocycles. The van der Waals surface area contributed by atoms with Crippen LogP contribution in [-0.4, -0.2) is 58.5 Å². The average Bonchev–Trinajstić information content (AvgIpc) is 2.82. The second-order valence-electron chi connectivity index (χ2n) is 6.64. The number of hydrogen-bond donors (Lipinski definition) is 1. The van der Waals surface area contributed by atoms with E-state index in [0.29, 0.717) is 0 Å². The normalized spacial score (nSPS) is 24.3. The van der Waals surface area contributed by atoms with Crippen molar-refractivity contribution >= 4 is 11.9 Å². The summed E-state index contributed by atoms with van der Waals surface area (Å²) < 4.78 is 0. The minimum atomic E-state index is -0.780. The molecule has 0 aliphatic carbocycles. The second-order valence-corrected chi connectivity index (χ2v) is 6.64. The minimum Gasteiger partial charge on any atom is -0.480 e. The van der Waals surface area contributed by atoms with Crippen molar-refractivity contribution in [3.8, 4) is 0 Å². The van der Waals surface area contributed by atoms with Gasteiger partial charge in [0, 0.05) is 25.2 Å². The first kappa shape index (κ1) is 16.0. The molecule has 124 valence electrons. The number of amides is 1. The van der Waals surface area contributed by atoms with Gasteiger partial charge in [0.05, 0.1) is 12.5 Å². The molecular formula is C18H24N2O3. The second kappa shape index (κ2) is 6.32. The number of nitrogens with zero attached hydrogens (tertiary/aromatic N) is 2. The van der Waals surface area contributed by atoms with E-state index in [9.17, 15) is 9.59 Å². The quantitative estimate of drug-likeness (QED) is 0.922. The largest absolute Gasteiger partial charge is 0.480 e. The summed E-state index contributed by atoms with van der Waals surface area (Å²) in [6, 6.07) is 10.0. The molecule has 1 N–H and O–H groups in total. The van der Waals surface area contributed by atoms with Crippen LogP contribution in [0.2, 0.25) is 0 Å². The highest BCUT2D eigenvalue weighted by Gasteiger charge is 2.51. The van der Waals surface area contributed by atoms with Crippen molar-refractivity contribution in [1.29, 1.82) is 0 Å². The van der Waals surface area contributed by atoms with Gasteiger partial charge in [-0.1, -0.05) is 30.3 Å². The zero-order valence-electron chi connectivity index (χ0n) is 13.6. The van der Waals surface area contributed by atoms with Crippen LogP contribution in [0.15, 0.2) is 30.3 Å². The Morgan fingerprint density at radius 1 is 1.26 bits per heavy atom. The van der Waals surface area contributed by atoms with Crippen molar-refractivity contribution in [2.24, 2.45) is 0 Å². The van der Waals surface area contributed by atoms with Crippen LogP contribution in [0.1, 0.15) is 37.7 Å². The predicted octanol–water partition coefficient (Wildman–Crippen LogP) is 1.94. The van der Waals surface area contributed by atoms with Gasteiger partial charge in [-0.15, -0.1) is 0 Å². The van der Waals surface area contributed by atoms with Crippen molar-refractivity contribution in [3.05, 3.63) is 35.9 Å². The Labute approximate surface area is 136 Å². The SMILES string of the molecule is CCN1C(=O)[C@H](c2ccccc2)CC12CCN(CC(=O)O)CC2. The van der Waals surface area contributed by atoms with Crippen molar-refractivity contribution < 1.29 is 14.7 Å². The number of rotatable bonds is 4. The molecule has 2 saturated heterocycles. The van der Waals surface area contributed by atoms with E-state index in [0.717, 1.165) is 44.5 Å². The lowest BCUT2D eigenvalue weighted by Crippen LogP contribution is -2.53. The molecule has 1 aromatic rings. The van der Waals surface area contributed by atoms with Crippen LogP contribution in [0.3, 0.4) is 0 Å². The molecule has 1 aromatic carbocycles. The molecule has 1 spiro atoms. The number of aliphatic carboxylic acids is 1. The van der Waals surface area contributed by atoms with Gasteiger partial charge in [-0.05, 0) is 31.7 Å². The summed E-state index contributed by atoms with van der Waals surface area (Å²) in [5, 5.41) is 8.95. The van der Waals surface area contributed by atoms with E-state index in [1.165, 1.54) is 0 Å². The van der Waals surface area contributed by atoms with Crippen LogP contribution in [0.4, 0.5) is 0 Å². The van der Waals surface area contributed by atoms with Gasteiger partial charge in [0.15, 0.2) is 0 Å². The van der Waals surface area contributed by atoms with Crippen LogP contribution < -0.4 is 0 Å². The molecule has 2 aliphatic rings. The average molecular weight is 316 g/mol. The Morgan fingerprint density at radius 2 is 1.91 bits per heavy atom. The summed E-state index contributed by atoms with van der Waals surface area (Å²) in [6.07, 6.45) is 2.58. The zero-order valence-corrected chi connectivity index (χ0v) is 13.6. The fourth-order valence-corrected chi connectivity index (χ4v) is 4.23. The topological polar surface area (TPSA) is 60.9 Å². The Bertz CT molecular complexity index is 579. The molecule has 1 atom stereocenters. The van der Waals surface area contributed by atoms with E-state index in [1.807, 2.05) is 47.1 Å². The van der Waals surface area contributed by atoms with E-state index in [-0.39, 0.29) is 23.9 Å². The van der Waals surface area contributed by atoms with E-state index in [4.69, 9.17) is 5.11 Å². The third-order valence-corrected chi connectivity index (χ3v) is 5.38. The van der Waals surface area contributed by atoms with Gasteiger partial charge in [0.2, 0.25) is 5.91 Å². The maximum Gasteiger partial charge on any atom is 0.317 e. The molecule has 23 heavy (non-hydrogen) atoms. The van der Waals surface area contributed by atoms with E-state index in [2.05, 4.69) is 0 Å². The molecule has 0 bridgehead atoms. The number of benzene rings is 1. The van der Waals surface area contributed by atoms with Crippen molar-refractivity contribution in [2.75, 3.05) is 26.2 Å². The molecule has 0 unspecified atom stereocenters. The monoisotopic (exact) mass is 316 g/mol. The van der Waals surface area contributed by atoms with Gasteiger partial charge in [0.1, 0.15) is 0 Å². The summed E-state index contributed by atoms with van der Waals surface area (Å²) in [4.78, 5) is 27.8. The molecule has 5 heteroatoms. The highest BCUT2D eigenvalue weighted by atomic mass is 16.4. The molecule has 1 amide bonds. The first-order chi connectivity index (χ1) is 11.1. The third kappa shape index (κ3) is 2.98. The number of carbonyl (C=O) groups is 2. The molecule has 2 aliphatic heterocycles. The fourth-order valence-electron chi connectivity index (χ4n) is 4.23. The third-order valence-electron chi connectivity index (χ3n) is 5.38. The predicted molar refractivity (Wildman–Crippen MR) is 87.2 cm³/mol. The number of carboxylic acids is 1. The maximum atomic E-state index is 12.9.